The molecule has 20 heavy (non-hydrogen) atoms. The van der Waals surface area contributed by atoms with E-state index in [0.717, 1.165) is 11.1 Å². The zero-order chi connectivity index (χ0) is 14.6. The van der Waals surface area contributed by atoms with Crippen molar-refractivity contribution in [2.24, 2.45) is 0 Å². The maximum absolute atomic E-state index is 12.4. The fourth-order valence-electron chi connectivity index (χ4n) is 1.86. The van der Waals surface area contributed by atoms with Gasteiger partial charge in [0.15, 0.2) is 9.84 Å². The molecule has 104 valence electrons. The maximum Gasteiger partial charge on any atom is 0.184 e. The molecule has 2 rings (SSSR count). The van der Waals surface area contributed by atoms with E-state index in [1.165, 1.54) is 0 Å². The molecule has 1 atom stereocenters. The van der Waals surface area contributed by atoms with Gasteiger partial charge in [-0.3, -0.25) is 0 Å². The normalized spacial score (nSPS) is 13.5. The highest BCUT2D eigenvalue weighted by Crippen LogP contribution is 2.18. The largest absolute Gasteiger partial charge is 0.223 e. The van der Waals surface area contributed by atoms with Crippen molar-refractivity contribution in [3.05, 3.63) is 71.8 Å². The molecule has 0 aliphatic carbocycles. The van der Waals surface area contributed by atoms with Crippen LogP contribution in [-0.2, 0) is 9.84 Å². The van der Waals surface area contributed by atoms with Crippen molar-refractivity contribution in [2.45, 2.75) is 24.0 Å². The average molecular weight is 286 g/mol. The highest BCUT2D eigenvalue weighted by Gasteiger charge is 2.20. The van der Waals surface area contributed by atoms with Crippen molar-refractivity contribution in [3.63, 3.8) is 0 Å². The SMILES string of the molecule is Cc1ccc(S(=O)(=O)[C@@H](C)/C=C/c2ccccc2)cc1. The van der Waals surface area contributed by atoms with Gasteiger partial charge in [-0.2, -0.15) is 0 Å². The number of hydrogen-bond acceptors (Lipinski definition) is 2. The van der Waals surface area contributed by atoms with Crippen LogP contribution in [0.5, 0.6) is 0 Å². The number of hydrogen-bond donors (Lipinski definition) is 0. The van der Waals surface area contributed by atoms with Gasteiger partial charge < -0.3 is 0 Å². The summed E-state index contributed by atoms with van der Waals surface area (Å²) in [6.07, 6.45) is 3.57. The van der Waals surface area contributed by atoms with Crippen LogP contribution in [0.1, 0.15) is 18.1 Å². The lowest BCUT2D eigenvalue weighted by Crippen LogP contribution is -2.15. The standard InChI is InChI=1S/C17H18O2S/c1-14-8-12-17(13-9-14)20(18,19)15(2)10-11-16-6-4-3-5-7-16/h3-13,15H,1-2H3/b11-10+/t15-/m0/s1. The molecule has 0 saturated carbocycles. The Morgan fingerprint density at radius 2 is 1.55 bits per heavy atom. The van der Waals surface area contributed by atoms with Crippen LogP contribution in [-0.4, -0.2) is 13.7 Å². The molecule has 0 aliphatic heterocycles. The van der Waals surface area contributed by atoms with Crippen molar-refractivity contribution in [3.8, 4) is 0 Å². The second kappa shape index (κ2) is 6.06. The second-order valence-electron chi connectivity index (χ2n) is 4.83. The zero-order valence-corrected chi connectivity index (χ0v) is 12.5. The lowest BCUT2D eigenvalue weighted by Gasteiger charge is -2.09. The van der Waals surface area contributed by atoms with E-state index < -0.39 is 15.1 Å². The Kier molecular flexibility index (Phi) is 4.40. The van der Waals surface area contributed by atoms with Gasteiger partial charge in [0.05, 0.1) is 10.1 Å². The summed E-state index contributed by atoms with van der Waals surface area (Å²) < 4.78 is 24.8. The molecule has 0 N–H and O–H groups in total. The minimum atomic E-state index is -3.31. The van der Waals surface area contributed by atoms with E-state index in [1.54, 1.807) is 25.1 Å². The predicted molar refractivity (Wildman–Crippen MR) is 83.3 cm³/mol. The summed E-state index contributed by atoms with van der Waals surface area (Å²) in [4.78, 5) is 0.369. The smallest absolute Gasteiger partial charge is 0.184 e. The third-order valence-corrected chi connectivity index (χ3v) is 5.26. The van der Waals surface area contributed by atoms with Crippen LogP contribution in [0.2, 0.25) is 0 Å². The number of aryl methyl sites for hydroxylation is 1. The molecular weight excluding hydrogens is 268 g/mol. The van der Waals surface area contributed by atoms with E-state index >= 15 is 0 Å². The molecule has 0 saturated heterocycles. The van der Waals surface area contributed by atoms with Crippen molar-refractivity contribution in [1.29, 1.82) is 0 Å². The van der Waals surface area contributed by atoms with Gasteiger partial charge in [0, 0.05) is 0 Å². The summed E-state index contributed by atoms with van der Waals surface area (Å²) in [5.74, 6) is 0. The van der Waals surface area contributed by atoms with Crippen LogP contribution >= 0.6 is 0 Å². The first kappa shape index (κ1) is 14.5. The fourth-order valence-corrected chi connectivity index (χ4v) is 3.09. The van der Waals surface area contributed by atoms with Gasteiger partial charge in [-0.05, 0) is 31.5 Å². The molecule has 0 spiro atoms. The summed E-state index contributed by atoms with van der Waals surface area (Å²) in [5.41, 5.74) is 2.05. The van der Waals surface area contributed by atoms with E-state index in [2.05, 4.69) is 0 Å². The van der Waals surface area contributed by atoms with Crippen LogP contribution in [0.15, 0.2) is 65.6 Å². The van der Waals surface area contributed by atoms with Gasteiger partial charge in [-0.25, -0.2) is 8.42 Å². The minimum Gasteiger partial charge on any atom is -0.223 e. The maximum atomic E-state index is 12.4. The fraction of sp³-hybridized carbons (Fsp3) is 0.176. The van der Waals surface area contributed by atoms with E-state index in [0.29, 0.717) is 4.90 Å². The Labute approximate surface area is 120 Å². The lowest BCUT2D eigenvalue weighted by atomic mass is 10.2. The monoisotopic (exact) mass is 286 g/mol. The van der Waals surface area contributed by atoms with Crippen LogP contribution in [0.3, 0.4) is 0 Å². The van der Waals surface area contributed by atoms with Gasteiger partial charge in [0.1, 0.15) is 0 Å². The van der Waals surface area contributed by atoms with Gasteiger partial charge in [0.2, 0.25) is 0 Å². The second-order valence-corrected chi connectivity index (χ2v) is 7.14. The summed E-state index contributed by atoms with van der Waals surface area (Å²) in [5, 5.41) is -0.551. The Balaban J connectivity index is 2.21. The van der Waals surface area contributed by atoms with E-state index in [4.69, 9.17) is 0 Å². The van der Waals surface area contributed by atoms with Gasteiger partial charge in [-0.1, -0.05) is 60.2 Å². The summed E-state index contributed by atoms with van der Waals surface area (Å²) in [6.45, 7) is 3.64. The van der Waals surface area contributed by atoms with Crippen LogP contribution in [0.25, 0.3) is 6.08 Å². The van der Waals surface area contributed by atoms with E-state index in [1.807, 2.05) is 55.5 Å². The number of sulfone groups is 1. The highest BCUT2D eigenvalue weighted by molar-refractivity contribution is 7.92. The number of rotatable bonds is 4. The molecule has 0 aromatic heterocycles. The first-order valence-corrected chi connectivity index (χ1v) is 8.08. The summed E-state index contributed by atoms with van der Waals surface area (Å²) in [6, 6.07) is 16.7. The quantitative estimate of drug-likeness (QED) is 0.855. The average Bonchev–Trinajstić information content (AvgIpc) is 2.46. The molecule has 0 radical (unpaired) electrons. The van der Waals surface area contributed by atoms with Crippen molar-refractivity contribution in [1.82, 2.24) is 0 Å². The van der Waals surface area contributed by atoms with Crippen LogP contribution < -0.4 is 0 Å². The van der Waals surface area contributed by atoms with Crippen molar-refractivity contribution < 1.29 is 8.42 Å². The Morgan fingerprint density at radius 1 is 0.950 bits per heavy atom. The molecule has 2 nitrogen and oxygen atoms in total. The molecule has 3 heteroatoms. The van der Waals surface area contributed by atoms with Crippen LogP contribution in [0, 0.1) is 6.92 Å². The third-order valence-electron chi connectivity index (χ3n) is 3.20. The summed E-state index contributed by atoms with van der Waals surface area (Å²) >= 11 is 0. The Hall–Kier alpha value is -1.87. The first-order chi connectivity index (χ1) is 9.50. The Morgan fingerprint density at radius 3 is 2.15 bits per heavy atom. The van der Waals surface area contributed by atoms with Gasteiger partial charge in [-0.15, -0.1) is 0 Å². The number of benzene rings is 2. The molecule has 0 amide bonds. The molecule has 2 aromatic rings. The molecular formula is C17H18O2S. The topological polar surface area (TPSA) is 34.1 Å². The molecule has 0 unspecified atom stereocenters. The molecule has 2 aromatic carbocycles. The van der Waals surface area contributed by atoms with Gasteiger partial charge in [0.25, 0.3) is 0 Å². The molecule has 0 heterocycles. The minimum absolute atomic E-state index is 0.369. The van der Waals surface area contributed by atoms with Crippen LogP contribution in [0.4, 0.5) is 0 Å². The first-order valence-electron chi connectivity index (χ1n) is 6.54. The molecule has 0 bridgehead atoms. The van der Waals surface area contributed by atoms with E-state index in [-0.39, 0.29) is 0 Å². The van der Waals surface area contributed by atoms with Crippen molar-refractivity contribution >= 4 is 15.9 Å². The van der Waals surface area contributed by atoms with Crippen molar-refractivity contribution in [2.75, 3.05) is 0 Å². The summed E-state index contributed by atoms with van der Waals surface area (Å²) in [7, 11) is -3.31. The molecule has 0 aliphatic rings. The molecule has 0 fully saturated rings. The van der Waals surface area contributed by atoms with Gasteiger partial charge >= 0.3 is 0 Å². The third kappa shape index (κ3) is 3.36. The lowest BCUT2D eigenvalue weighted by molar-refractivity contribution is 0.591. The predicted octanol–water partition coefficient (Wildman–Crippen LogP) is 3.87. The highest BCUT2D eigenvalue weighted by atomic mass is 32.2. The van der Waals surface area contributed by atoms with E-state index in [9.17, 15) is 8.42 Å². The Bertz CT molecular complexity index is 684. The zero-order valence-electron chi connectivity index (χ0n) is 11.7.